The van der Waals surface area contributed by atoms with Crippen molar-refractivity contribution >= 4 is 11.8 Å². The number of carbonyl (C=O) groups is 2. The predicted octanol–water partition coefficient (Wildman–Crippen LogP) is 0.102. The van der Waals surface area contributed by atoms with Crippen LogP contribution in [-0.4, -0.2) is 52.0 Å². The van der Waals surface area contributed by atoms with Gasteiger partial charge in [-0.05, 0) is 25.5 Å². The van der Waals surface area contributed by atoms with Gasteiger partial charge in [0.1, 0.15) is 0 Å². The molecule has 2 rings (SSSR count). The van der Waals surface area contributed by atoms with Gasteiger partial charge in [0, 0.05) is 31.9 Å². The van der Waals surface area contributed by atoms with Crippen LogP contribution in [0.2, 0.25) is 0 Å². The smallest absolute Gasteiger partial charge is 0.253 e. The van der Waals surface area contributed by atoms with Crippen LogP contribution in [0.25, 0.3) is 0 Å². The van der Waals surface area contributed by atoms with Crippen LogP contribution in [0.4, 0.5) is 0 Å². The van der Waals surface area contributed by atoms with Crippen LogP contribution in [0.15, 0.2) is 18.3 Å². The number of nitrogens with zero attached hydrogens (tertiary/aromatic N) is 2. The summed E-state index contributed by atoms with van der Waals surface area (Å²) in [6.07, 6.45) is 1.32. The number of aliphatic hydroxyl groups is 1. The molecule has 1 aliphatic rings. The number of aryl methyl sites for hydroxylation is 1. The van der Waals surface area contributed by atoms with Gasteiger partial charge in [-0.3, -0.25) is 14.6 Å². The summed E-state index contributed by atoms with van der Waals surface area (Å²) >= 11 is 0. The third-order valence-electron chi connectivity index (χ3n) is 3.52. The molecule has 20 heavy (non-hydrogen) atoms. The molecule has 0 saturated carbocycles. The Morgan fingerprint density at radius 1 is 1.45 bits per heavy atom. The fourth-order valence-electron chi connectivity index (χ4n) is 2.24. The number of amides is 2. The molecule has 1 fully saturated rings. The average Bonchev–Trinajstić information content (AvgIpc) is 2.41. The molecule has 0 radical (unpaired) electrons. The molecule has 6 nitrogen and oxygen atoms in total. The number of pyridine rings is 1. The summed E-state index contributed by atoms with van der Waals surface area (Å²) in [6.45, 7) is 4.13. The first-order chi connectivity index (χ1) is 9.47. The van der Waals surface area contributed by atoms with Gasteiger partial charge in [0.2, 0.25) is 5.91 Å². The first-order valence-electron chi connectivity index (χ1n) is 6.64. The molecular formula is C14H19N3O3. The second-order valence-corrected chi connectivity index (χ2v) is 5.09. The number of piperidine rings is 1. The van der Waals surface area contributed by atoms with Crippen molar-refractivity contribution in [1.29, 1.82) is 0 Å². The van der Waals surface area contributed by atoms with Crippen LogP contribution in [0.3, 0.4) is 0 Å². The van der Waals surface area contributed by atoms with Crippen LogP contribution in [0.1, 0.15) is 29.4 Å². The van der Waals surface area contributed by atoms with Crippen molar-refractivity contribution in [3.05, 3.63) is 29.6 Å². The molecule has 0 aliphatic carbocycles. The van der Waals surface area contributed by atoms with Gasteiger partial charge in [-0.1, -0.05) is 0 Å². The van der Waals surface area contributed by atoms with E-state index in [0.717, 1.165) is 5.69 Å². The molecule has 1 aromatic heterocycles. The first kappa shape index (κ1) is 14.5. The Kier molecular flexibility index (Phi) is 4.34. The van der Waals surface area contributed by atoms with Gasteiger partial charge in [-0.2, -0.15) is 0 Å². The van der Waals surface area contributed by atoms with Crippen LogP contribution in [-0.2, 0) is 4.79 Å². The number of nitrogens with one attached hydrogen (secondary N) is 1. The molecule has 2 heterocycles. The summed E-state index contributed by atoms with van der Waals surface area (Å²) in [6, 6.07) is 3.14. The van der Waals surface area contributed by atoms with Gasteiger partial charge in [-0.25, -0.2) is 0 Å². The van der Waals surface area contributed by atoms with Gasteiger partial charge < -0.3 is 15.3 Å². The van der Waals surface area contributed by atoms with E-state index in [-0.39, 0.29) is 24.4 Å². The minimum atomic E-state index is -0.741. The van der Waals surface area contributed by atoms with E-state index in [2.05, 4.69) is 10.3 Å². The molecule has 0 unspecified atom stereocenters. The number of β-amino-alcohol motifs (C(OH)–C–C–N with tert-alkyl or cyclic N) is 1. The van der Waals surface area contributed by atoms with Crippen LogP contribution in [0.5, 0.6) is 0 Å². The molecule has 0 aromatic carbocycles. The minimum Gasteiger partial charge on any atom is -0.389 e. The van der Waals surface area contributed by atoms with E-state index in [4.69, 9.17) is 0 Å². The highest BCUT2D eigenvalue weighted by molar-refractivity contribution is 5.94. The van der Waals surface area contributed by atoms with Crippen molar-refractivity contribution in [3.63, 3.8) is 0 Å². The lowest BCUT2D eigenvalue weighted by Gasteiger charge is -2.35. The lowest BCUT2D eigenvalue weighted by Crippen LogP contribution is -2.55. The molecule has 0 spiro atoms. The van der Waals surface area contributed by atoms with Gasteiger partial charge in [0.05, 0.1) is 17.7 Å². The van der Waals surface area contributed by atoms with Crippen LogP contribution < -0.4 is 5.32 Å². The molecule has 1 aromatic rings. The Morgan fingerprint density at radius 3 is 2.75 bits per heavy atom. The maximum Gasteiger partial charge on any atom is 0.253 e. The number of rotatable bonds is 2. The number of hydrogen-bond donors (Lipinski definition) is 2. The summed E-state index contributed by atoms with van der Waals surface area (Å²) in [5.74, 6) is -0.311. The Bertz CT molecular complexity index is 501. The highest BCUT2D eigenvalue weighted by Gasteiger charge is 2.30. The summed E-state index contributed by atoms with van der Waals surface area (Å²) in [7, 11) is 0. The fourth-order valence-corrected chi connectivity index (χ4v) is 2.24. The standard InChI is InChI=1S/C14H19N3O3/c1-9-3-4-11(7-15-9)14(20)16-12-5-6-17(10(2)18)8-13(12)19/h3-4,7,12-13,19H,5-6,8H2,1-2H3,(H,16,20)/t12-,13-/m1/s1. The molecule has 1 aliphatic heterocycles. The Balaban J connectivity index is 1.95. The third kappa shape index (κ3) is 3.33. The summed E-state index contributed by atoms with van der Waals surface area (Å²) < 4.78 is 0. The van der Waals surface area contributed by atoms with E-state index < -0.39 is 6.10 Å². The Labute approximate surface area is 117 Å². The van der Waals surface area contributed by atoms with Crippen LogP contribution >= 0.6 is 0 Å². The Morgan fingerprint density at radius 2 is 2.20 bits per heavy atom. The number of hydrogen-bond acceptors (Lipinski definition) is 4. The van der Waals surface area contributed by atoms with Crippen molar-refractivity contribution in [3.8, 4) is 0 Å². The quantitative estimate of drug-likeness (QED) is 0.803. The van der Waals surface area contributed by atoms with Crippen molar-refractivity contribution in [1.82, 2.24) is 15.2 Å². The topological polar surface area (TPSA) is 82.5 Å². The van der Waals surface area contributed by atoms with Crippen molar-refractivity contribution in [2.24, 2.45) is 0 Å². The maximum absolute atomic E-state index is 12.0. The molecule has 2 N–H and O–H groups in total. The van der Waals surface area contributed by atoms with E-state index in [1.165, 1.54) is 13.1 Å². The lowest BCUT2D eigenvalue weighted by atomic mass is 10.0. The molecular weight excluding hydrogens is 258 g/mol. The summed E-state index contributed by atoms with van der Waals surface area (Å²) in [5.41, 5.74) is 1.31. The minimum absolute atomic E-state index is 0.0587. The molecule has 2 amide bonds. The maximum atomic E-state index is 12.0. The fraction of sp³-hybridized carbons (Fsp3) is 0.500. The summed E-state index contributed by atoms with van der Waals surface area (Å²) in [5, 5.41) is 12.8. The highest BCUT2D eigenvalue weighted by atomic mass is 16.3. The zero-order valence-corrected chi connectivity index (χ0v) is 11.7. The zero-order valence-electron chi connectivity index (χ0n) is 11.7. The SMILES string of the molecule is CC(=O)N1CC[C@@H](NC(=O)c2ccc(C)nc2)[C@H](O)C1. The number of carbonyl (C=O) groups excluding carboxylic acids is 2. The van der Waals surface area contributed by atoms with Crippen molar-refractivity contribution in [2.45, 2.75) is 32.4 Å². The number of aromatic nitrogens is 1. The zero-order chi connectivity index (χ0) is 14.7. The van der Waals surface area contributed by atoms with Gasteiger partial charge in [-0.15, -0.1) is 0 Å². The first-order valence-corrected chi connectivity index (χ1v) is 6.64. The van der Waals surface area contributed by atoms with Crippen LogP contribution in [0, 0.1) is 6.92 Å². The lowest BCUT2D eigenvalue weighted by molar-refractivity contribution is -0.132. The van der Waals surface area contributed by atoms with Gasteiger partial charge in [0.25, 0.3) is 5.91 Å². The van der Waals surface area contributed by atoms with Gasteiger partial charge >= 0.3 is 0 Å². The number of likely N-dealkylation sites (tertiary alicyclic amines) is 1. The van der Waals surface area contributed by atoms with Crippen molar-refractivity contribution in [2.75, 3.05) is 13.1 Å². The van der Waals surface area contributed by atoms with E-state index in [1.807, 2.05) is 6.92 Å². The third-order valence-corrected chi connectivity index (χ3v) is 3.52. The number of aliphatic hydroxyl groups excluding tert-OH is 1. The molecule has 0 bridgehead atoms. The van der Waals surface area contributed by atoms with E-state index in [1.54, 1.807) is 17.0 Å². The van der Waals surface area contributed by atoms with E-state index >= 15 is 0 Å². The second-order valence-electron chi connectivity index (χ2n) is 5.09. The second kappa shape index (κ2) is 6.00. The van der Waals surface area contributed by atoms with Crippen molar-refractivity contribution < 1.29 is 14.7 Å². The van der Waals surface area contributed by atoms with Gasteiger partial charge in [0.15, 0.2) is 0 Å². The molecule has 108 valence electrons. The molecule has 6 heteroatoms. The predicted molar refractivity (Wildman–Crippen MR) is 73.1 cm³/mol. The molecule has 2 atom stereocenters. The van der Waals surface area contributed by atoms with E-state index in [9.17, 15) is 14.7 Å². The monoisotopic (exact) mass is 277 g/mol. The van der Waals surface area contributed by atoms with E-state index in [0.29, 0.717) is 18.5 Å². The average molecular weight is 277 g/mol. The normalized spacial score (nSPS) is 22.4. The highest BCUT2D eigenvalue weighted by Crippen LogP contribution is 2.12. The molecule has 1 saturated heterocycles. The summed E-state index contributed by atoms with van der Waals surface area (Å²) in [4.78, 5) is 28.9. The Hall–Kier alpha value is -1.95. The largest absolute Gasteiger partial charge is 0.389 e.